The molecule has 0 aromatic carbocycles. The fourth-order valence-electron chi connectivity index (χ4n) is 0. The number of hydrogen-bond acceptors (Lipinski definition) is 2. The Morgan fingerprint density at radius 1 is 1.60 bits per heavy atom. The average Bonchev–Trinajstić information content (AvgIpc) is 0.811. The molecule has 0 spiro atoms. The monoisotopic (exact) mass is 100 g/mol. The molecule has 5 heteroatoms. The lowest BCUT2D eigenvalue weighted by molar-refractivity contribution is 0.454. The summed E-state index contributed by atoms with van der Waals surface area (Å²) in [6, 6.07) is 0. The Morgan fingerprint density at radius 3 is 1.60 bits per heavy atom. The van der Waals surface area contributed by atoms with Gasteiger partial charge in [0.2, 0.25) is 0 Å². The lowest BCUT2D eigenvalue weighted by atomic mass is 14.0. The van der Waals surface area contributed by atoms with Crippen molar-refractivity contribution in [2.24, 2.45) is 0 Å². The fourth-order valence-corrected chi connectivity index (χ4v) is 0. The van der Waals surface area contributed by atoms with Crippen molar-refractivity contribution in [2.45, 2.75) is 0 Å². The van der Waals surface area contributed by atoms with E-state index < -0.39 is 11.4 Å². The van der Waals surface area contributed by atoms with Crippen LogP contribution in [0.2, 0.25) is 0 Å². The second-order valence-electron chi connectivity index (χ2n) is 0.231. The van der Waals surface area contributed by atoms with Gasteiger partial charge in [-0.15, -0.1) is 0 Å². The van der Waals surface area contributed by atoms with Crippen molar-refractivity contribution < 1.29 is 14.7 Å². The molecule has 5 heavy (non-hydrogen) atoms. The molecule has 0 atom stereocenters. The fraction of sp³-hybridized carbons (Fsp3) is 0. The predicted molar refractivity (Wildman–Crippen MR) is 19.5 cm³/mol. The summed E-state index contributed by atoms with van der Waals surface area (Å²) >= 11 is -2.61. The highest BCUT2D eigenvalue weighted by molar-refractivity contribution is 7.73. The highest BCUT2D eigenvalue weighted by Crippen LogP contribution is 1.44. The van der Waals surface area contributed by atoms with Crippen LogP contribution < -0.4 is 6.15 Å². The maximum atomic E-state index is 8.67. The molecule has 4 nitrogen and oxygen atoms in total. The van der Waals surface area contributed by atoms with Crippen LogP contribution in [0.15, 0.2) is 0 Å². The SMILES string of the molecule is N.O=S(O)O.[H]. The molecule has 0 fully saturated rings. The lowest BCUT2D eigenvalue weighted by Crippen LogP contribution is -1.74. The third-order valence-electron chi connectivity index (χ3n) is 0. The minimum atomic E-state index is -2.61. The predicted octanol–water partition coefficient (Wildman–Crippen LogP) is -0.0444. The molecule has 0 aliphatic rings. The van der Waals surface area contributed by atoms with E-state index in [1.54, 1.807) is 0 Å². The molecule has 5 N–H and O–H groups in total. The summed E-state index contributed by atoms with van der Waals surface area (Å²) in [5, 5.41) is 0. The zero-order valence-corrected chi connectivity index (χ0v) is 3.23. The van der Waals surface area contributed by atoms with Gasteiger partial charge < -0.3 is 6.15 Å². The third-order valence-corrected chi connectivity index (χ3v) is 0. The van der Waals surface area contributed by atoms with E-state index in [-0.39, 0.29) is 7.58 Å². The van der Waals surface area contributed by atoms with E-state index in [4.69, 9.17) is 13.3 Å². The van der Waals surface area contributed by atoms with E-state index in [0.29, 0.717) is 0 Å². The van der Waals surface area contributed by atoms with E-state index in [1.165, 1.54) is 0 Å². The first-order valence-corrected chi connectivity index (χ1v) is 1.60. The molecular formula is H6NO3S. The summed E-state index contributed by atoms with van der Waals surface area (Å²) in [4.78, 5) is 0. The van der Waals surface area contributed by atoms with Gasteiger partial charge in [0, 0.05) is 1.43 Å². The Bertz CT molecular complexity index is 33.8. The summed E-state index contributed by atoms with van der Waals surface area (Å²) in [6.07, 6.45) is 0. The quantitative estimate of drug-likeness (QED) is 0.372. The molecule has 0 rings (SSSR count). The van der Waals surface area contributed by atoms with Crippen LogP contribution in [0.25, 0.3) is 0 Å². The first kappa shape index (κ1) is 8.90. The van der Waals surface area contributed by atoms with Crippen LogP contribution in [0.4, 0.5) is 0 Å². The Labute approximate surface area is 33.4 Å². The van der Waals surface area contributed by atoms with E-state index in [0.717, 1.165) is 0 Å². The Morgan fingerprint density at radius 2 is 1.60 bits per heavy atom. The van der Waals surface area contributed by atoms with Crippen LogP contribution in [0.5, 0.6) is 0 Å². The van der Waals surface area contributed by atoms with Crippen LogP contribution in [0.3, 0.4) is 0 Å². The van der Waals surface area contributed by atoms with Crippen LogP contribution in [0.1, 0.15) is 1.43 Å². The molecular weight excluding hydrogens is 94.1 g/mol. The summed E-state index contributed by atoms with van der Waals surface area (Å²) < 4.78 is 22.8. The third kappa shape index (κ3) is 18500. The van der Waals surface area contributed by atoms with Crippen molar-refractivity contribution in [3.8, 4) is 0 Å². The van der Waals surface area contributed by atoms with Gasteiger partial charge in [0.05, 0.1) is 0 Å². The van der Waals surface area contributed by atoms with Gasteiger partial charge in [-0.2, -0.15) is 4.21 Å². The maximum Gasteiger partial charge on any atom is 0.299 e. The van der Waals surface area contributed by atoms with Crippen LogP contribution >= 0.6 is 0 Å². The van der Waals surface area contributed by atoms with Gasteiger partial charge in [-0.05, 0) is 0 Å². The van der Waals surface area contributed by atoms with Crippen LogP contribution in [0, 0.1) is 0 Å². The first-order chi connectivity index (χ1) is 1.73. The normalized spacial score (nSPS) is 7.00. The second kappa shape index (κ2) is 4.03. The Hall–Kier alpha value is 0.0300. The number of rotatable bonds is 0. The second-order valence-corrected chi connectivity index (χ2v) is 0.692. The summed E-state index contributed by atoms with van der Waals surface area (Å²) in [7, 11) is 0. The van der Waals surface area contributed by atoms with E-state index in [2.05, 4.69) is 0 Å². The molecule has 0 saturated carbocycles. The highest BCUT2D eigenvalue weighted by atomic mass is 32.2. The minimum Gasteiger partial charge on any atom is -0.344 e. The summed E-state index contributed by atoms with van der Waals surface area (Å²) in [5.41, 5.74) is 0. The van der Waals surface area contributed by atoms with Crippen molar-refractivity contribution in [3.05, 3.63) is 0 Å². The van der Waals surface area contributed by atoms with Crippen molar-refractivity contribution in [3.63, 3.8) is 0 Å². The van der Waals surface area contributed by atoms with Crippen molar-refractivity contribution in [2.75, 3.05) is 0 Å². The topological polar surface area (TPSA) is 92.5 Å². The molecule has 0 amide bonds. The molecule has 0 aromatic heterocycles. The van der Waals surface area contributed by atoms with Crippen molar-refractivity contribution >= 4 is 11.4 Å². The van der Waals surface area contributed by atoms with Gasteiger partial charge in [-0.1, -0.05) is 0 Å². The van der Waals surface area contributed by atoms with Gasteiger partial charge in [0.15, 0.2) is 0 Å². The molecule has 35 valence electrons. The summed E-state index contributed by atoms with van der Waals surface area (Å²) in [5.74, 6) is 0. The van der Waals surface area contributed by atoms with Crippen molar-refractivity contribution in [1.29, 1.82) is 0 Å². The zero-order valence-electron chi connectivity index (χ0n) is 3.42. The van der Waals surface area contributed by atoms with E-state index >= 15 is 0 Å². The van der Waals surface area contributed by atoms with Gasteiger partial charge >= 0.3 is 0 Å². The zero-order chi connectivity index (χ0) is 3.58. The Kier molecular flexibility index (Phi) is 7.17. The van der Waals surface area contributed by atoms with Gasteiger partial charge in [0.1, 0.15) is 0 Å². The summed E-state index contributed by atoms with van der Waals surface area (Å²) in [6.45, 7) is 0. The molecule has 0 unspecified atom stereocenters. The maximum absolute atomic E-state index is 8.67. The molecule has 0 heterocycles. The Balaban J connectivity index is -0.0000000450. The molecule has 0 aliphatic carbocycles. The molecule has 0 aromatic rings. The van der Waals surface area contributed by atoms with Gasteiger partial charge in [-0.3, -0.25) is 9.11 Å². The average molecular weight is 100 g/mol. The smallest absolute Gasteiger partial charge is 0.299 e. The molecule has 0 saturated heterocycles. The molecule has 0 aliphatic heterocycles. The van der Waals surface area contributed by atoms with Gasteiger partial charge in [-0.25, -0.2) is 0 Å². The van der Waals surface area contributed by atoms with Crippen LogP contribution in [-0.2, 0) is 11.4 Å². The molecule has 1 radical (unpaired) electrons. The van der Waals surface area contributed by atoms with Crippen LogP contribution in [-0.4, -0.2) is 13.3 Å². The molecule has 0 bridgehead atoms. The minimum absolute atomic E-state index is 0. The van der Waals surface area contributed by atoms with Crippen molar-refractivity contribution in [1.82, 2.24) is 6.15 Å². The first-order valence-electron chi connectivity index (χ1n) is 0.532. The number of hydrogen-bond donors (Lipinski definition) is 3. The van der Waals surface area contributed by atoms with Gasteiger partial charge in [0.25, 0.3) is 11.4 Å². The largest absolute Gasteiger partial charge is 0.344 e. The van der Waals surface area contributed by atoms with E-state index in [9.17, 15) is 0 Å². The van der Waals surface area contributed by atoms with E-state index in [1.807, 2.05) is 0 Å². The standard InChI is InChI=1S/H3N.H2O3S.H/c;1-4(2)3;/h1H3;(H2,1,2,3);. The lowest BCUT2D eigenvalue weighted by Gasteiger charge is -1.59. The highest BCUT2D eigenvalue weighted by Gasteiger charge is 1.62.